The zero-order chi connectivity index (χ0) is 15.8. The van der Waals surface area contributed by atoms with Crippen LogP contribution >= 0.6 is 0 Å². The summed E-state index contributed by atoms with van der Waals surface area (Å²) in [6.07, 6.45) is 2.71. The monoisotopic (exact) mass is 303 g/mol. The molecule has 2 aromatic rings. The third-order valence-corrected chi connectivity index (χ3v) is 3.18. The molecule has 0 aliphatic carbocycles. The van der Waals surface area contributed by atoms with Crippen LogP contribution in [0.2, 0.25) is 0 Å². The highest BCUT2D eigenvalue weighted by atomic mass is 16.5. The fourth-order valence-corrected chi connectivity index (χ4v) is 1.97. The summed E-state index contributed by atoms with van der Waals surface area (Å²) in [5.74, 6) is 1.95. The Hall–Kier alpha value is -2.37. The molecule has 6 nitrogen and oxygen atoms in total. The van der Waals surface area contributed by atoms with E-state index in [4.69, 9.17) is 9.26 Å². The Labute approximate surface area is 129 Å². The fraction of sp³-hybridized carbons (Fsp3) is 0.438. The minimum Gasteiger partial charge on any atom is -0.497 e. The second kappa shape index (κ2) is 8.17. The van der Waals surface area contributed by atoms with Gasteiger partial charge in [0.15, 0.2) is 0 Å². The summed E-state index contributed by atoms with van der Waals surface area (Å²) in [7, 11) is 1.62. The first-order valence-electron chi connectivity index (χ1n) is 7.46. The Balaban J connectivity index is 1.84. The lowest BCUT2D eigenvalue weighted by molar-refractivity contribution is -0.121. The van der Waals surface area contributed by atoms with Crippen molar-refractivity contribution in [3.05, 3.63) is 30.2 Å². The van der Waals surface area contributed by atoms with Gasteiger partial charge in [0.25, 0.3) is 0 Å². The van der Waals surface area contributed by atoms with Crippen LogP contribution in [0.3, 0.4) is 0 Å². The van der Waals surface area contributed by atoms with Crippen molar-refractivity contribution < 1.29 is 14.1 Å². The number of ether oxygens (including phenoxy) is 1. The molecule has 0 fully saturated rings. The first-order chi connectivity index (χ1) is 10.7. The van der Waals surface area contributed by atoms with E-state index in [-0.39, 0.29) is 5.91 Å². The molecule has 0 atom stereocenters. The number of aromatic nitrogens is 2. The molecule has 0 radical (unpaired) electrons. The Morgan fingerprint density at radius 1 is 1.32 bits per heavy atom. The number of hydrogen-bond donors (Lipinski definition) is 1. The van der Waals surface area contributed by atoms with Crippen molar-refractivity contribution in [1.29, 1.82) is 0 Å². The molecule has 22 heavy (non-hydrogen) atoms. The predicted molar refractivity (Wildman–Crippen MR) is 82.5 cm³/mol. The quantitative estimate of drug-likeness (QED) is 0.811. The van der Waals surface area contributed by atoms with Gasteiger partial charge in [-0.15, -0.1) is 0 Å². The molecule has 118 valence electrons. The van der Waals surface area contributed by atoms with E-state index in [2.05, 4.69) is 15.5 Å². The number of nitrogens with one attached hydrogen (secondary N) is 1. The van der Waals surface area contributed by atoms with E-state index in [1.165, 1.54) is 0 Å². The van der Waals surface area contributed by atoms with Gasteiger partial charge in [0.2, 0.25) is 17.6 Å². The summed E-state index contributed by atoms with van der Waals surface area (Å²) < 4.78 is 10.3. The number of carbonyl (C=O) groups is 1. The van der Waals surface area contributed by atoms with E-state index >= 15 is 0 Å². The van der Waals surface area contributed by atoms with Gasteiger partial charge in [-0.3, -0.25) is 4.79 Å². The number of hydrogen-bond acceptors (Lipinski definition) is 5. The van der Waals surface area contributed by atoms with Crippen molar-refractivity contribution in [2.45, 2.75) is 32.6 Å². The topological polar surface area (TPSA) is 77.2 Å². The third-order valence-electron chi connectivity index (χ3n) is 3.18. The number of nitrogens with zero attached hydrogens (tertiary/aromatic N) is 2. The first kappa shape index (κ1) is 16.0. The largest absolute Gasteiger partial charge is 0.497 e. The zero-order valence-corrected chi connectivity index (χ0v) is 13.0. The van der Waals surface area contributed by atoms with E-state index in [9.17, 15) is 4.79 Å². The lowest BCUT2D eigenvalue weighted by Crippen LogP contribution is -2.23. The number of amides is 1. The van der Waals surface area contributed by atoms with Crippen LogP contribution in [0.4, 0.5) is 0 Å². The summed E-state index contributed by atoms with van der Waals surface area (Å²) in [6, 6.07) is 7.46. The molecule has 0 saturated carbocycles. The van der Waals surface area contributed by atoms with Gasteiger partial charge in [0.05, 0.1) is 7.11 Å². The highest BCUT2D eigenvalue weighted by molar-refractivity contribution is 5.75. The van der Waals surface area contributed by atoms with Gasteiger partial charge in [-0.2, -0.15) is 4.98 Å². The molecule has 0 bridgehead atoms. The van der Waals surface area contributed by atoms with E-state index in [1.807, 2.05) is 31.2 Å². The van der Waals surface area contributed by atoms with Crippen molar-refractivity contribution >= 4 is 5.91 Å². The van der Waals surface area contributed by atoms with Crippen LogP contribution in [0.5, 0.6) is 5.75 Å². The van der Waals surface area contributed by atoms with Crippen molar-refractivity contribution in [2.24, 2.45) is 0 Å². The summed E-state index contributed by atoms with van der Waals surface area (Å²) in [5.41, 5.74) is 0.872. The lowest BCUT2D eigenvalue weighted by Gasteiger charge is -2.01. The van der Waals surface area contributed by atoms with Crippen molar-refractivity contribution in [2.75, 3.05) is 13.7 Å². The maximum absolute atomic E-state index is 11.5. The average Bonchev–Trinajstić information content (AvgIpc) is 3.02. The molecule has 0 spiro atoms. The summed E-state index contributed by atoms with van der Waals surface area (Å²) in [4.78, 5) is 15.8. The van der Waals surface area contributed by atoms with E-state index in [1.54, 1.807) is 7.11 Å². The van der Waals surface area contributed by atoms with Crippen LogP contribution in [-0.4, -0.2) is 29.7 Å². The minimum atomic E-state index is 0.0664. The van der Waals surface area contributed by atoms with E-state index in [0.29, 0.717) is 31.0 Å². The smallest absolute Gasteiger partial charge is 0.226 e. The SMILES string of the molecule is CCCNC(=O)CCCc1nc(-c2ccc(OC)cc2)no1. The molecular formula is C16H21N3O3. The molecule has 1 aromatic heterocycles. The Morgan fingerprint density at radius 3 is 2.77 bits per heavy atom. The zero-order valence-electron chi connectivity index (χ0n) is 13.0. The van der Waals surface area contributed by atoms with Crippen LogP contribution in [0.25, 0.3) is 11.4 Å². The Kier molecular flexibility index (Phi) is 5.94. The molecule has 6 heteroatoms. The predicted octanol–water partition coefficient (Wildman–Crippen LogP) is 2.59. The number of benzene rings is 1. The maximum atomic E-state index is 11.5. The molecule has 0 unspecified atom stereocenters. The highest BCUT2D eigenvalue weighted by Crippen LogP contribution is 2.20. The van der Waals surface area contributed by atoms with Gasteiger partial charge in [-0.05, 0) is 37.1 Å². The van der Waals surface area contributed by atoms with Crippen LogP contribution in [0, 0.1) is 0 Å². The standard InChI is InChI=1S/C16H21N3O3/c1-3-11-17-14(20)5-4-6-15-18-16(19-22-15)12-7-9-13(21-2)10-8-12/h7-10H,3-6,11H2,1-2H3,(H,17,20). The summed E-state index contributed by atoms with van der Waals surface area (Å²) in [5, 5.41) is 6.80. The Bertz CT molecular complexity index is 593. The van der Waals surface area contributed by atoms with Crippen LogP contribution in [-0.2, 0) is 11.2 Å². The summed E-state index contributed by atoms with van der Waals surface area (Å²) >= 11 is 0. The van der Waals surface area contributed by atoms with Gasteiger partial charge in [-0.25, -0.2) is 0 Å². The number of methoxy groups -OCH3 is 1. The molecule has 0 aliphatic rings. The first-order valence-corrected chi connectivity index (χ1v) is 7.46. The highest BCUT2D eigenvalue weighted by Gasteiger charge is 2.09. The van der Waals surface area contributed by atoms with Crippen molar-refractivity contribution in [3.63, 3.8) is 0 Å². The van der Waals surface area contributed by atoms with Gasteiger partial charge >= 0.3 is 0 Å². The van der Waals surface area contributed by atoms with Gasteiger partial charge in [0, 0.05) is 24.9 Å². The normalized spacial score (nSPS) is 10.5. The maximum Gasteiger partial charge on any atom is 0.226 e. The van der Waals surface area contributed by atoms with Crippen LogP contribution in [0.15, 0.2) is 28.8 Å². The molecule has 1 N–H and O–H groups in total. The summed E-state index contributed by atoms with van der Waals surface area (Å²) in [6.45, 7) is 2.75. The number of rotatable bonds is 8. The van der Waals surface area contributed by atoms with Gasteiger partial charge < -0.3 is 14.6 Å². The van der Waals surface area contributed by atoms with E-state index < -0.39 is 0 Å². The molecule has 1 amide bonds. The van der Waals surface area contributed by atoms with Gasteiger partial charge in [-0.1, -0.05) is 12.1 Å². The fourth-order valence-electron chi connectivity index (χ4n) is 1.97. The van der Waals surface area contributed by atoms with Gasteiger partial charge in [0.1, 0.15) is 5.75 Å². The minimum absolute atomic E-state index is 0.0664. The van der Waals surface area contributed by atoms with E-state index in [0.717, 1.165) is 24.3 Å². The third kappa shape index (κ3) is 4.58. The van der Waals surface area contributed by atoms with Crippen molar-refractivity contribution in [3.8, 4) is 17.1 Å². The molecular weight excluding hydrogens is 282 g/mol. The number of aryl methyl sites for hydroxylation is 1. The van der Waals surface area contributed by atoms with Crippen LogP contribution < -0.4 is 10.1 Å². The Morgan fingerprint density at radius 2 is 2.09 bits per heavy atom. The average molecular weight is 303 g/mol. The molecule has 0 saturated heterocycles. The van der Waals surface area contributed by atoms with Crippen molar-refractivity contribution in [1.82, 2.24) is 15.5 Å². The number of carbonyl (C=O) groups excluding carboxylic acids is 1. The lowest BCUT2D eigenvalue weighted by atomic mass is 10.2. The second-order valence-corrected chi connectivity index (χ2v) is 4.94. The molecule has 2 rings (SSSR count). The van der Waals surface area contributed by atoms with Crippen LogP contribution in [0.1, 0.15) is 32.1 Å². The molecule has 0 aliphatic heterocycles. The molecule has 1 heterocycles. The second-order valence-electron chi connectivity index (χ2n) is 4.94. The molecule has 1 aromatic carbocycles.